The number of carbonyl (C=O) groups is 1. The van der Waals surface area contributed by atoms with Crippen molar-refractivity contribution < 1.29 is 17.9 Å². The summed E-state index contributed by atoms with van der Waals surface area (Å²) in [5.74, 6) is 0.874. The zero-order valence-corrected chi connectivity index (χ0v) is 16.6. The van der Waals surface area contributed by atoms with Gasteiger partial charge in [0.15, 0.2) is 9.84 Å². The zero-order valence-electron chi connectivity index (χ0n) is 15.8. The van der Waals surface area contributed by atoms with E-state index in [0.29, 0.717) is 34.9 Å². The molecule has 1 atom stereocenters. The Morgan fingerprint density at radius 1 is 0.862 bits per heavy atom. The fourth-order valence-corrected chi connectivity index (χ4v) is 5.20. The first-order valence-corrected chi connectivity index (χ1v) is 11.0. The van der Waals surface area contributed by atoms with Crippen LogP contribution in [0.1, 0.15) is 16.8 Å². The van der Waals surface area contributed by atoms with Crippen molar-refractivity contribution in [3.63, 3.8) is 0 Å². The van der Waals surface area contributed by atoms with Gasteiger partial charge in [-0.15, -0.1) is 0 Å². The van der Waals surface area contributed by atoms with Crippen LogP contribution in [0.3, 0.4) is 0 Å². The van der Waals surface area contributed by atoms with E-state index in [4.69, 9.17) is 4.74 Å². The lowest BCUT2D eigenvalue weighted by Gasteiger charge is -2.19. The van der Waals surface area contributed by atoms with Crippen molar-refractivity contribution in [3.05, 3.63) is 90.5 Å². The summed E-state index contributed by atoms with van der Waals surface area (Å²) >= 11 is 0. The molecule has 29 heavy (non-hydrogen) atoms. The number of ether oxygens (including phenoxy) is 1. The van der Waals surface area contributed by atoms with E-state index in [1.54, 1.807) is 53.4 Å². The first-order chi connectivity index (χ1) is 14.1. The number of likely N-dealkylation sites (tertiary alicyclic amines) is 1. The maximum absolute atomic E-state index is 13.1. The highest BCUT2D eigenvalue weighted by Crippen LogP contribution is 2.29. The number of benzene rings is 3. The Labute approximate surface area is 170 Å². The third-order valence-corrected chi connectivity index (χ3v) is 7.22. The van der Waals surface area contributed by atoms with Crippen molar-refractivity contribution in [3.8, 4) is 11.5 Å². The van der Waals surface area contributed by atoms with Crippen molar-refractivity contribution in [1.82, 2.24) is 4.90 Å². The normalized spacial score (nSPS) is 16.6. The van der Waals surface area contributed by atoms with Crippen LogP contribution in [0.2, 0.25) is 0 Å². The molecule has 148 valence electrons. The molecule has 1 amide bonds. The summed E-state index contributed by atoms with van der Waals surface area (Å²) in [6, 6.07) is 24.7. The first-order valence-electron chi connectivity index (χ1n) is 9.46. The molecule has 3 aromatic carbocycles. The van der Waals surface area contributed by atoms with E-state index >= 15 is 0 Å². The molecule has 0 bridgehead atoms. The Bertz CT molecular complexity index is 1100. The molecular formula is C23H21NO4S. The molecule has 0 spiro atoms. The van der Waals surface area contributed by atoms with E-state index in [1.807, 2.05) is 36.4 Å². The third-order valence-electron chi connectivity index (χ3n) is 5.03. The Kier molecular flexibility index (Phi) is 5.36. The molecule has 6 heteroatoms. The number of carbonyl (C=O) groups excluding carboxylic acids is 1. The molecule has 1 saturated heterocycles. The predicted octanol–water partition coefficient (Wildman–Crippen LogP) is 4.17. The Morgan fingerprint density at radius 2 is 1.48 bits per heavy atom. The zero-order chi connectivity index (χ0) is 20.3. The van der Waals surface area contributed by atoms with Gasteiger partial charge in [0.05, 0.1) is 15.7 Å². The van der Waals surface area contributed by atoms with Gasteiger partial charge in [-0.25, -0.2) is 8.42 Å². The summed E-state index contributed by atoms with van der Waals surface area (Å²) in [4.78, 5) is 15.0. The smallest absolute Gasteiger partial charge is 0.257 e. The van der Waals surface area contributed by atoms with Crippen molar-refractivity contribution >= 4 is 15.7 Å². The Balaban J connectivity index is 1.53. The van der Waals surface area contributed by atoms with Gasteiger partial charge in [-0.05, 0) is 42.8 Å². The van der Waals surface area contributed by atoms with Gasteiger partial charge in [-0.1, -0.05) is 48.5 Å². The number of rotatable bonds is 5. The lowest BCUT2D eigenvalue weighted by molar-refractivity contribution is 0.0790. The fraction of sp³-hybridized carbons (Fsp3) is 0.174. The molecule has 1 heterocycles. The van der Waals surface area contributed by atoms with Gasteiger partial charge in [0.2, 0.25) is 0 Å². The van der Waals surface area contributed by atoms with Gasteiger partial charge in [-0.2, -0.15) is 0 Å². The van der Waals surface area contributed by atoms with E-state index in [2.05, 4.69) is 0 Å². The van der Waals surface area contributed by atoms with Crippen LogP contribution >= 0.6 is 0 Å². The minimum atomic E-state index is -3.47. The monoisotopic (exact) mass is 407 g/mol. The van der Waals surface area contributed by atoms with Crippen LogP contribution < -0.4 is 4.74 Å². The SMILES string of the molecule is O=C(c1ccccc1Oc1ccccc1)N1CCC(S(=O)(=O)c2ccccc2)C1. The fourth-order valence-electron chi connectivity index (χ4n) is 3.49. The van der Waals surface area contributed by atoms with Gasteiger partial charge < -0.3 is 9.64 Å². The van der Waals surface area contributed by atoms with Gasteiger partial charge in [-0.3, -0.25) is 4.79 Å². The topological polar surface area (TPSA) is 63.7 Å². The van der Waals surface area contributed by atoms with Gasteiger partial charge in [0.25, 0.3) is 5.91 Å². The summed E-state index contributed by atoms with van der Waals surface area (Å²) in [5, 5.41) is -0.601. The minimum Gasteiger partial charge on any atom is -0.457 e. The van der Waals surface area contributed by atoms with Crippen molar-refractivity contribution in [2.24, 2.45) is 0 Å². The van der Waals surface area contributed by atoms with E-state index in [1.165, 1.54) is 0 Å². The highest BCUT2D eigenvalue weighted by molar-refractivity contribution is 7.92. The van der Waals surface area contributed by atoms with E-state index in [-0.39, 0.29) is 12.5 Å². The second-order valence-electron chi connectivity index (χ2n) is 6.93. The van der Waals surface area contributed by atoms with Crippen LogP contribution in [0, 0.1) is 0 Å². The number of hydrogen-bond acceptors (Lipinski definition) is 4. The molecule has 3 aromatic rings. The van der Waals surface area contributed by atoms with Crippen LogP contribution in [-0.2, 0) is 9.84 Å². The van der Waals surface area contributed by atoms with E-state index in [0.717, 1.165) is 0 Å². The molecule has 0 saturated carbocycles. The molecular weight excluding hydrogens is 386 g/mol. The molecule has 0 radical (unpaired) electrons. The van der Waals surface area contributed by atoms with Crippen LogP contribution in [0.15, 0.2) is 89.8 Å². The highest BCUT2D eigenvalue weighted by Gasteiger charge is 2.36. The summed E-state index contributed by atoms with van der Waals surface area (Å²) in [6.45, 7) is 0.574. The molecule has 1 aliphatic rings. The lowest BCUT2D eigenvalue weighted by atomic mass is 10.1. The van der Waals surface area contributed by atoms with Gasteiger partial charge in [0.1, 0.15) is 11.5 Å². The minimum absolute atomic E-state index is 0.176. The Morgan fingerprint density at radius 3 is 2.21 bits per heavy atom. The number of para-hydroxylation sites is 2. The molecule has 0 N–H and O–H groups in total. The van der Waals surface area contributed by atoms with Crippen LogP contribution in [0.4, 0.5) is 0 Å². The summed E-state index contributed by atoms with van der Waals surface area (Å²) in [7, 11) is -3.47. The number of nitrogens with zero attached hydrogens (tertiary/aromatic N) is 1. The molecule has 1 fully saturated rings. The van der Waals surface area contributed by atoms with Gasteiger partial charge in [0, 0.05) is 13.1 Å². The third kappa shape index (κ3) is 4.03. The molecule has 1 unspecified atom stereocenters. The maximum atomic E-state index is 13.1. The van der Waals surface area contributed by atoms with E-state index < -0.39 is 15.1 Å². The van der Waals surface area contributed by atoms with Crippen molar-refractivity contribution in [2.75, 3.05) is 13.1 Å². The molecule has 0 aliphatic carbocycles. The van der Waals surface area contributed by atoms with Gasteiger partial charge >= 0.3 is 0 Å². The molecule has 1 aliphatic heterocycles. The average Bonchev–Trinajstić information content (AvgIpc) is 3.26. The van der Waals surface area contributed by atoms with Crippen LogP contribution in [0.5, 0.6) is 11.5 Å². The summed E-state index contributed by atoms with van der Waals surface area (Å²) in [5.41, 5.74) is 0.425. The molecule has 5 nitrogen and oxygen atoms in total. The van der Waals surface area contributed by atoms with Crippen molar-refractivity contribution in [1.29, 1.82) is 0 Å². The number of amides is 1. The second kappa shape index (κ2) is 8.09. The first kappa shape index (κ1) is 19.2. The summed E-state index contributed by atoms with van der Waals surface area (Å²) < 4.78 is 31.7. The predicted molar refractivity (Wildman–Crippen MR) is 111 cm³/mol. The second-order valence-corrected chi connectivity index (χ2v) is 9.16. The number of hydrogen-bond donors (Lipinski definition) is 0. The number of sulfone groups is 1. The maximum Gasteiger partial charge on any atom is 0.257 e. The standard InChI is InChI=1S/C23H21NO4S/c25-23(21-13-7-8-14-22(21)28-18-9-3-1-4-10-18)24-16-15-20(17-24)29(26,27)19-11-5-2-6-12-19/h1-14,20H,15-17H2. The molecule has 4 rings (SSSR count). The highest BCUT2D eigenvalue weighted by atomic mass is 32.2. The lowest BCUT2D eigenvalue weighted by Crippen LogP contribution is -2.32. The Hall–Kier alpha value is -3.12. The largest absolute Gasteiger partial charge is 0.457 e. The van der Waals surface area contributed by atoms with Crippen LogP contribution in [0.25, 0.3) is 0 Å². The van der Waals surface area contributed by atoms with E-state index in [9.17, 15) is 13.2 Å². The summed E-state index contributed by atoms with van der Waals surface area (Å²) in [6.07, 6.45) is 0.421. The van der Waals surface area contributed by atoms with Crippen LogP contribution in [-0.4, -0.2) is 37.6 Å². The molecule has 0 aromatic heterocycles. The quantitative estimate of drug-likeness (QED) is 0.637. The average molecular weight is 407 g/mol. The van der Waals surface area contributed by atoms with Crippen molar-refractivity contribution in [2.45, 2.75) is 16.6 Å².